The van der Waals surface area contributed by atoms with Gasteiger partial charge in [-0.3, -0.25) is 4.39 Å². The average Bonchev–Trinajstić information content (AvgIpc) is 2.28. The Balaban J connectivity index is 3.04. The third-order valence-electron chi connectivity index (χ3n) is 2.61. The van der Waals surface area contributed by atoms with Crippen LogP contribution in [0.3, 0.4) is 0 Å². The van der Waals surface area contributed by atoms with E-state index in [-0.39, 0.29) is 12.6 Å². The predicted octanol–water partition coefficient (Wildman–Crippen LogP) is 4.36. The first-order valence-corrected chi connectivity index (χ1v) is 5.53. The molecule has 0 amide bonds. The zero-order chi connectivity index (χ0) is 11.3. The second-order valence-electron chi connectivity index (χ2n) is 4.02. The lowest BCUT2D eigenvalue weighted by Crippen LogP contribution is -1.98. The molecule has 1 atom stereocenters. The summed E-state index contributed by atoms with van der Waals surface area (Å²) in [5, 5.41) is 0. The Morgan fingerprint density at radius 3 is 2.67 bits per heavy atom. The molecule has 82 valence electrons. The highest BCUT2D eigenvalue weighted by atomic mass is 19.1. The van der Waals surface area contributed by atoms with E-state index in [0.717, 1.165) is 24.0 Å². The maximum atomic E-state index is 12.6. The molecule has 1 unspecified atom stereocenters. The van der Waals surface area contributed by atoms with Crippen molar-refractivity contribution in [3.63, 3.8) is 0 Å². The van der Waals surface area contributed by atoms with Crippen LogP contribution in [0.25, 0.3) is 6.08 Å². The van der Waals surface area contributed by atoms with Crippen LogP contribution in [0.1, 0.15) is 42.9 Å². The van der Waals surface area contributed by atoms with E-state index in [4.69, 9.17) is 0 Å². The van der Waals surface area contributed by atoms with Gasteiger partial charge in [0.15, 0.2) is 0 Å². The van der Waals surface area contributed by atoms with Crippen LogP contribution < -0.4 is 0 Å². The first-order valence-electron chi connectivity index (χ1n) is 5.53. The van der Waals surface area contributed by atoms with Crippen LogP contribution in [0, 0.1) is 0 Å². The molecule has 0 aliphatic heterocycles. The molecule has 1 aromatic rings. The minimum absolute atomic E-state index is 0.0134. The molecule has 1 heteroatoms. The number of rotatable bonds is 5. The summed E-state index contributed by atoms with van der Waals surface area (Å²) in [5.41, 5.74) is 3.46. The summed E-state index contributed by atoms with van der Waals surface area (Å²) in [7, 11) is 0. The maximum Gasteiger partial charge on any atom is 0.0960 e. The Labute approximate surface area is 91.8 Å². The molecule has 0 nitrogen and oxygen atoms in total. The molecule has 0 heterocycles. The van der Waals surface area contributed by atoms with Crippen LogP contribution in [-0.2, 0) is 6.42 Å². The van der Waals surface area contributed by atoms with E-state index in [2.05, 4.69) is 25.6 Å². The molecule has 0 spiro atoms. The molecule has 1 aromatic carbocycles. The first-order chi connectivity index (χ1) is 7.21. The lowest BCUT2D eigenvalue weighted by molar-refractivity contribution is 0.447. The molecule has 0 bridgehead atoms. The second-order valence-corrected chi connectivity index (χ2v) is 4.02. The third kappa shape index (κ3) is 3.19. The Morgan fingerprint density at radius 2 is 2.13 bits per heavy atom. The minimum atomic E-state index is -0.299. The standard InChI is InChI=1S/C14H19F/c1-4-6-13-7-12(5-2)8-14(9-13)11(3)10-15/h5,7-9,11H,2,4,6,10H2,1,3H3. The van der Waals surface area contributed by atoms with Crippen molar-refractivity contribution in [1.82, 2.24) is 0 Å². The van der Waals surface area contributed by atoms with Crippen molar-refractivity contribution in [2.45, 2.75) is 32.6 Å². The van der Waals surface area contributed by atoms with Crippen molar-refractivity contribution < 1.29 is 4.39 Å². The summed E-state index contributed by atoms with van der Waals surface area (Å²) < 4.78 is 12.6. The topological polar surface area (TPSA) is 0 Å². The summed E-state index contributed by atoms with van der Waals surface area (Å²) in [6.07, 6.45) is 3.99. The third-order valence-corrected chi connectivity index (χ3v) is 2.61. The van der Waals surface area contributed by atoms with E-state index in [1.165, 1.54) is 5.56 Å². The molecular weight excluding hydrogens is 187 g/mol. The molecule has 0 saturated heterocycles. The predicted molar refractivity (Wildman–Crippen MR) is 64.9 cm³/mol. The van der Waals surface area contributed by atoms with E-state index in [1.807, 2.05) is 19.1 Å². The van der Waals surface area contributed by atoms with Crippen molar-refractivity contribution in [3.8, 4) is 0 Å². The number of hydrogen-bond acceptors (Lipinski definition) is 0. The van der Waals surface area contributed by atoms with E-state index >= 15 is 0 Å². The van der Waals surface area contributed by atoms with Gasteiger partial charge >= 0.3 is 0 Å². The maximum absolute atomic E-state index is 12.6. The van der Waals surface area contributed by atoms with Crippen LogP contribution >= 0.6 is 0 Å². The van der Waals surface area contributed by atoms with Crippen LogP contribution in [0.4, 0.5) is 4.39 Å². The van der Waals surface area contributed by atoms with Gasteiger partial charge in [-0.05, 0) is 23.1 Å². The molecule has 0 saturated carbocycles. The van der Waals surface area contributed by atoms with Crippen LogP contribution in [0.15, 0.2) is 24.8 Å². The van der Waals surface area contributed by atoms with Crippen LogP contribution in [0.5, 0.6) is 0 Å². The number of alkyl halides is 1. The Kier molecular flexibility index (Phi) is 4.54. The first kappa shape index (κ1) is 12.0. The Morgan fingerprint density at radius 1 is 1.40 bits per heavy atom. The van der Waals surface area contributed by atoms with E-state index < -0.39 is 0 Å². The summed E-state index contributed by atoms with van der Waals surface area (Å²) in [6, 6.07) is 6.27. The molecule has 0 aliphatic rings. The van der Waals surface area contributed by atoms with Gasteiger partial charge in [-0.15, -0.1) is 0 Å². The summed E-state index contributed by atoms with van der Waals surface area (Å²) in [4.78, 5) is 0. The van der Waals surface area contributed by atoms with Gasteiger partial charge in [0.25, 0.3) is 0 Å². The van der Waals surface area contributed by atoms with Crippen LogP contribution in [-0.4, -0.2) is 6.67 Å². The van der Waals surface area contributed by atoms with Gasteiger partial charge in [-0.2, -0.15) is 0 Å². The van der Waals surface area contributed by atoms with Gasteiger partial charge in [0.05, 0.1) is 6.67 Å². The monoisotopic (exact) mass is 206 g/mol. The number of aryl methyl sites for hydroxylation is 1. The fourth-order valence-electron chi connectivity index (χ4n) is 1.67. The molecule has 0 aromatic heterocycles. The largest absolute Gasteiger partial charge is 0.250 e. The molecular formula is C14H19F. The Hall–Kier alpha value is -1.11. The second kappa shape index (κ2) is 5.69. The van der Waals surface area contributed by atoms with E-state index in [1.54, 1.807) is 0 Å². The van der Waals surface area contributed by atoms with E-state index in [0.29, 0.717) is 0 Å². The Bertz CT molecular complexity index is 328. The normalized spacial score (nSPS) is 12.5. The average molecular weight is 206 g/mol. The van der Waals surface area contributed by atoms with Crippen molar-refractivity contribution in [3.05, 3.63) is 41.5 Å². The van der Waals surface area contributed by atoms with Crippen molar-refractivity contribution in [2.24, 2.45) is 0 Å². The number of halogens is 1. The van der Waals surface area contributed by atoms with Gasteiger partial charge in [0.2, 0.25) is 0 Å². The van der Waals surface area contributed by atoms with Gasteiger partial charge in [-0.1, -0.05) is 51.1 Å². The molecule has 0 fully saturated rings. The summed E-state index contributed by atoms with van der Waals surface area (Å²) in [5.74, 6) is -0.0134. The van der Waals surface area contributed by atoms with Gasteiger partial charge in [-0.25, -0.2) is 0 Å². The van der Waals surface area contributed by atoms with Crippen molar-refractivity contribution in [2.75, 3.05) is 6.67 Å². The summed E-state index contributed by atoms with van der Waals surface area (Å²) in [6.45, 7) is 7.53. The lowest BCUT2D eigenvalue weighted by Gasteiger charge is -2.11. The number of benzene rings is 1. The fourth-order valence-corrected chi connectivity index (χ4v) is 1.67. The van der Waals surface area contributed by atoms with Crippen molar-refractivity contribution >= 4 is 6.08 Å². The minimum Gasteiger partial charge on any atom is -0.250 e. The van der Waals surface area contributed by atoms with Gasteiger partial charge < -0.3 is 0 Å². The van der Waals surface area contributed by atoms with Gasteiger partial charge in [0.1, 0.15) is 0 Å². The zero-order valence-electron chi connectivity index (χ0n) is 9.59. The highest BCUT2D eigenvalue weighted by Crippen LogP contribution is 2.21. The van der Waals surface area contributed by atoms with Crippen molar-refractivity contribution in [1.29, 1.82) is 0 Å². The highest BCUT2D eigenvalue weighted by Gasteiger charge is 2.06. The smallest absolute Gasteiger partial charge is 0.0960 e. The zero-order valence-corrected chi connectivity index (χ0v) is 9.59. The molecule has 0 radical (unpaired) electrons. The van der Waals surface area contributed by atoms with E-state index in [9.17, 15) is 4.39 Å². The molecule has 1 rings (SSSR count). The SMILES string of the molecule is C=Cc1cc(CCC)cc(C(C)CF)c1. The van der Waals surface area contributed by atoms with Gasteiger partial charge in [0, 0.05) is 5.92 Å². The number of hydrogen-bond donors (Lipinski definition) is 0. The quantitative estimate of drug-likeness (QED) is 0.671. The molecule has 0 aliphatic carbocycles. The molecule has 15 heavy (non-hydrogen) atoms. The lowest BCUT2D eigenvalue weighted by atomic mass is 9.95. The highest BCUT2D eigenvalue weighted by molar-refractivity contribution is 5.50. The summed E-state index contributed by atoms with van der Waals surface area (Å²) >= 11 is 0. The molecule has 0 N–H and O–H groups in total. The van der Waals surface area contributed by atoms with Crippen LogP contribution in [0.2, 0.25) is 0 Å². The fraction of sp³-hybridized carbons (Fsp3) is 0.429.